The quantitative estimate of drug-likeness (QED) is 0.629. The Kier molecular flexibility index (Phi) is 3.71. The van der Waals surface area contributed by atoms with E-state index in [9.17, 15) is 9.59 Å². The van der Waals surface area contributed by atoms with Gasteiger partial charge < -0.3 is 20.9 Å². The molecule has 0 spiro atoms. The van der Waals surface area contributed by atoms with Crippen molar-refractivity contribution >= 4 is 17.6 Å². The summed E-state index contributed by atoms with van der Waals surface area (Å²) in [7, 11) is 1.47. The van der Waals surface area contributed by atoms with Gasteiger partial charge in [-0.3, -0.25) is 4.79 Å². The number of hydrogen-bond acceptors (Lipinski definition) is 4. The normalized spacial score (nSPS) is 9.56. The third kappa shape index (κ3) is 2.88. The molecule has 0 fully saturated rings. The van der Waals surface area contributed by atoms with Crippen LogP contribution in [-0.2, 0) is 4.79 Å². The van der Waals surface area contributed by atoms with Crippen LogP contribution < -0.4 is 15.8 Å². The second kappa shape index (κ2) is 5.01. The van der Waals surface area contributed by atoms with Crippen LogP contribution >= 0.6 is 0 Å². The molecule has 0 saturated carbocycles. The van der Waals surface area contributed by atoms with Gasteiger partial charge in [0, 0.05) is 7.05 Å². The van der Waals surface area contributed by atoms with Gasteiger partial charge in [0.25, 0.3) is 5.91 Å². The number of likely N-dealkylation sites (N-methyl/N-ethyl adjacent to an activating group) is 1. The number of amides is 1. The van der Waals surface area contributed by atoms with E-state index in [0.717, 1.165) is 0 Å². The van der Waals surface area contributed by atoms with Gasteiger partial charge in [0.15, 0.2) is 6.61 Å². The average molecular weight is 224 g/mol. The zero-order chi connectivity index (χ0) is 12.1. The molecule has 1 aromatic rings. The second-order valence-corrected chi connectivity index (χ2v) is 3.02. The van der Waals surface area contributed by atoms with Crippen LogP contribution in [0.25, 0.3) is 0 Å². The molecule has 0 heterocycles. The van der Waals surface area contributed by atoms with Crippen molar-refractivity contribution in [3.05, 3.63) is 23.8 Å². The molecule has 16 heavy (non-hydrogen) atoms. The van der Waals surface area contributed by atoms with E-state index in [1.807, 2.05) is 0 Å². The summed E-state index contributed by atoms with van der Waals surface area (Å²) in [6.07, 6.45) is 0. The summed E-state index contributed by atoms with van der Waals surface area (Å²) >= 11 is 0. The van der Waals surface area contributed by atoms with E-state index in [0.29, 0.717) is 0 Å². The molecule has 6 nitrogen and oxygen atoms in total. The van der Waals surface area contributed by atoms with Crippen LogP contribution in [0, 0.1) is 0 Å². The molecule has 0 aliphatic heterocycles. The number of benzene rings is 1. The third-order valence-electron chi connectivity index (χ3n) is 1.90. The molecule has 0 saturated heterocycles. The minimum Gasteiger partial charge on any atom is -0.482 e. The number of aromatic carboxylic acids is 1. The van der Waals surface area contributed by atoms with Crippen LogP contribution in [0.5, 0.6) is 5.75 Å². The fourth-order valence-electron chi connectivity index (χ4n) is 1.01. The summed E-state index contributed by atoms with van der Waals surface area (Å²) in [4.78, 5) is 21.6. The predicted molar refractivity (Wildman–Crippen MR) is 57.4 cm³/mol. The number of carbonyl (C=O) groups excluding carboxylic acids is 1. The lowest BCUT2D eigenvalue weighted by atomic mass is 10.2. The maximum Gasteiger partial charge on any atom is 0.335 e. The van der Waals surface area contributed by atoms with Crippen LogP contribution in [0.4, 0.5) is 5.69 Å². The van der Waals surface area contributed by atoms with E-state index in [1.165, 1.54) is 25.2 Å². The summed E-state index contributed by atoms with van der Waals surface area (Å²) < 4.78 is 5.08. The van der Waals surface area contributed by atoms with E-state index in [2.05, 4.69) is 5.32 Å². The maximum absolute atomic E-state index is 10.9. The molecule has 0 radical (unpaired) electrons. The second-order valence-electron chi connectivity index (χ2n) is 3.02. The zero-order valence-electron chi connectivity index (χ0n) is 8.69. The molecule has 0 aromatic heterocycles. The molecule has 0 aliphatic rings. The number of hydrogen-bond donors (Lipinski definition) is 3. The van der Waals surface area contributed by atoms with Gasteiger partial charge in [0.1, 0.15) is 5.75 Å². The Balaban J connectivity index is 2.82. The number of rotatable bonds is 4. The highest BCUT2D eigenvalue weighted by Crippen LogP contribution is 2.22. The lowest BCUT2D eigenvalue weighted by Gasteiger charge is -2.08. The highest BCUT2D eigenvalue weighted by atomic mass is 16.5. The van der Waals surface area contributed by atoms with Crippen LogP contribution in [0.2, 0.25) is 0 Å². The lowest BCUT2D eigenvalue weighted by Crippen LogP contribution is -2.25. The Morgan fingerprint density at radius 2 is 2.19 bits per heavy atom. The molecule has 0 unspecified atom stereocenters. The average Bonchev–Trinajstić information content (AvgIpc) is 2.27. The Hall–Kier alpha value is -2.24. The number of carboxylic acid groups (broad SMARTS) is 1. The Morgan fingerprint density at radius 1 is 1.50 bits per heavy atom. The molecule has 4 N–H and O–H groups in total. The minimum absolute atomic E-state index is 0.0566. The summed E-state index contributed by atoms with van der Waals surface area (Å²) in [5.74, 6) is -1.21. The Bertz CT molecular complexity index is 417. The monoisotopic (exact) mass is 224 g/mol. The van der Waals surface area contributed by atoms with Gasteiger partial charge in [-0.2, -0.15) is 0 Å². The summed E-state index contributed by atoms with van der Waals surface area (Å²) in [6, 6.07) is 4.06. The first-order valence-corrected chi connectivity index (χ1v) is 4.50. The molecular weight excluding hydrogens is 212 g/mol. The van der Waals surface area contributed by atoms with Gasteiger partial charge in [-0.05, 0) is 18.2 Å². The van der Waals surface area contributed by atoms with Crippen molar-refractivity contribution in [2.24, 2.45) is 0 Å². The van der Waals surface area contributed by atoms with E-state index < -0.39 is 5.97 Å². The SMILES string of the molecule is CNC(=O)COc1cc(C(=O)O)ccc1N. The maximum atomic E-state index is 10.9. The van der Waals surface area contributed by atoms with Gasteiger partial charge in [0.2, 0.25) is 0 Å². The molecule has 0 aliphatic carbocycles. The first-order chi connectivity index (χ1) is 7.54. The summed E-state index contributed by atoms with van der Waals surface area (Å²) in [6.45, 7) is -0.205. The number of carboxylic acids is 1. The number of nitrogen functional groups attached to an aromatic ring is 1. The number of carbonyl (C=O) groups is 2. The highest BCUT2D eigenvalue weighted by molar-refractivity contribution is 5.89. The van der Waals surface area contributed by atoms with Gasteiger partial charge in [-0.25, -0.2) is 4.79 Å². The van der Waals surface area contributed by atoms with Gasteiger partial charge in [-0.15, -0.1) is 0 Å². The van der Waals surface area contributed by atoms with Gasteiger partial charge >= 0.3 is 5.97 Å². The molecule has 0 bridgehead atoms. The van der Waals surface area contributed by atoms with Crippen molar-refractivity contribution in [2.45, 2.75) is 0 Å². The number of nitrogens with one attached hydrogen (secondary N) is 1. The highest BCUT2D eigenvalue weighted by Gasteiger charge is 2.08. The van der Waals surface area contributed by atoms with Crippen molar-refractivity contribution < 1.29 is 19.4 Å². The largest absolute Gasteiger partial charge is 0.482 e. The topological polar surface area (TPSA) is 102 Å². The summed E-state index contributed by atoms with van der Waals surface area (Å²) in [5.41, 5.74) is 5.91. The lowest BCUT2D eigenvalue weighted by molar-refractivity contribution is -0.122. The Morgan fingerprint density at radius 3 is 2.75 bits per heavy atom. The summed E-state index contributed by atoms with van der Waals surface area (Å²) in [5, 5.41) is 11.1. The number of ether oxygens (including phenoxy) is 1. The van der Waals surface area contributed by atoms with Crippen molar-refractivity contribution in [2.75, 3.05) is 19.4 Å². The van der Waals surface area contributed by atoms with E-state index in [4.69, 9.17) is 15.6 Å². The van der Waals surface area contributed by atoms with Crippen molar-refractivity contribution in [1.82, 2.24) is 5.32 Å². The van der Waals surface area contributed by atoms with Crippen LogP contribution in [0.3, 0.4) is 0 Å². The first-order valence-electron chi connectivity index (χ1n) is 4.50. The molecular formula is C10H12N2O4. The predicted octanol–water partition coefficient (Wildman–Crippen LogP) is 0.0918. The fourth-order valence-corrected chi connectivity index (χ4v) is 1.01. The molecule has 1 rings (SSSR count). The van der Waals surface area contributed by atoms with Crippen LogP contribution in [0.1, 0.15) is 10.4 Å². The molecule has 86 valence electrons. The molecule has 1 aromatic carbocycles. The zero-order valence-corrected chi connectivity index (χ0v) is 8.69. The van der Waals surface area contributed by atoms with E-state index >= 15 is 0 Å². The van der Waals surface area contributed by atoms with Crippen molar-refractivity contribution in [3.63, 3.8) is 0 Å². The van der Waals surface area contributed by atoms with Crippen LogP contribution in [-0.4, -0.2) is 30.6 Å². The van der Waals surface area contributed by atoms with E-state index in [-0.39, 0.29) is 29.5 Å². The third-order valence-corrected chi connectivity index (χ3v) is 1.90. The smallest absolute Gasteiger partial charge is 0.335 e. The van der Waals surface area contributed by atoms with E-state index in [1.54, 1.807) is 0 Å². The molecule has 6 heteroatoms. The molecule has 0 atom stereocenters. The number of anilines is 1. The first kappa shape index (κ1) is 11.8. The Labute approximate surface area is 92.0 Å². The van der Waals surface area contributed by atoms with Crippen molar-refractivity contribution in [3.8, 4) is 5.75 Å². The standard InChI is InChI=1S/C10H12N2O4/c1-12-9(13)5-16-8-4-6(10(14)15)2-3-7(8)11/h2-4H,5,11H2,1H3,(H,12,13)(H,14,15). The van der Waals surface area contributed by atoms with Gasteiger partial charge in [0.05, 0.1) is 11.3 Å². The molecule has 1 amide bonds. The van der Waals surface area contributed by atoms with Crippen molar-refractivity contribution in [1.29, 1.82) is 0 Å². The van der Waals surface area contributed by atoms with Gasteiger partial charge in [-0.1, -0.05) is 0 Å². The fraction of sp³-hybridized carbons (Fsp3) is 0.200. The minimum atomic E-state index is -1.08. The number of nitrogens with two attached hydrogens (primary N) is 1. The van der Waals surface area contributed by atoms with Crippen LogP contribution in [0.15, 0.2) is 18.2 Å².